The number of amides is 1. The highest BCUT2D eigenvalue weighted by Crippen LogP contribution is 2.39. The zero-order chi connectivity index (χ0) is 20.8. The van der Waals surface area contributed by atoms with Crippen LogP contribution < -0.4 is 4.90 Å². The van der Waals surface area contributed by atoms with E-state index in [1.807, 2.05) is 22.8 Å². The largest absolute Gasteiger partial charge is 0.493 e. The van der Waals surface area contributed by atoms with Crippen LogP contribution in [0.2, 0.25) is 0 Å². The quantitative estimate of drug-likeness (QED) is 0.498. The van der Waals surface area contributed by atoms with Gasteiger partial charge in [0.1, 0.15) is 5.69 Å². The summed E-state index contributed by atoms with van der Waals surface area (Å²) in [5, 5.41) is 19.6. The minimum atomic E-state index is -0.551. The first kappa shape index (κ1) is 21.1. The van der Waals surface area contributed by atoms with Crippen LogP contribution in [0.1, 0.15) is 37.2 Å². The van der Waals surface area contributed by atoms with Gasteiger partial charge in [0.15, 0.2) is 12.4 Å². The number of halogens is 1. The molecule has 2 N–H and O–H groups in total. The molecule has 0 atom stereocenters. The maximum Gasteiger partial charge on any atom is 0.313 e. The van der Waals surface area contributed by atoms with Crippen molar-refractivity contribution >= 4 is 38.4 Å². The van der Waals surface area contributed by atoms with Crippen molar-refractivity contribution in [3.8, 4) is 5.88 Å². The lowest BCUT2D eigenvalue weighted by Gasteiger charge is -2.19. The number of aromatic nitrogens is 2. The van der Waals surface area contributed by atoms with Gasteiger partial charge in [0.05, 0.1) is 18.6 Å². The lowest BCUT2D eigenvalue weighted by Crippen LogP contribution is -3.11. The number of fused-ring (bicyclic) bond motifs is 1. The fourth-order valence-electron chi connectivity index (χ4n) is 3.40. The first-order valence-electron chi connectivity index (χ1n) is 9.76. The molecule has 8 heteroatoms. The molecule has 1 amide bonds. The molecule has 0 unspecified atom stereocenters. The summed E-state index contributed by atoms with van der Waals surface area (Å²) >= 11 is 3.47. The van der Waals surface area contributed by atoms with Gasteiger partial charge in [-0.3, -0.25) is 14.3 Å². The van der Waals surface area contributed by atoms with Crippen LogP contribution in [0.3, 0.4) is 0 Å². The molecular formula is C21H25BrN5O2+. The number of hydrogen-bond donors (Lipinski definition) is 2. The lowest BCUT2D eigenvalue weighted by molar-refractivity contribution is -0.922. The molecule has 3 aromatic rings. The highest BCUT2D eigenvalue weighted by Gasteiger charge is 2.20. The number of azo groups is 1. The highest BCUT2D eigenvalue weighted by molar-refractivity contribution is 9.10. The Bertz CT molecular complexity index is 1010. The number of quaternary nitrogens is 1. The zero-order valence-electron chi connectivity index (χ0n) is 16.6. The van der Waals surface area contributed by atoms with Crippen LogP contribution in [-0.4, -0.2) is 33.7 Å². The van der Waals surface area contributed by atoms with E-state index in [-0.39, 0.29) is 17.3 Å². The van der Waals surface area contributed by atoms with Gasteiger partial charge >= 0.3 is 5.91 Å². The molecule has 2 aromatic heterocycles. The number of benzene rings is 1. The summed E-state index contributed by atoms with van der Waals surface area (Å²) in [6.07, 6.45) is 3.65. The van der Waals surface area contributed by atoms with E-state index in [1.165, 1.54) is 11.1 Å². The molecule has 1 aromatic carbocycles. The van der Waals surface area contributed by atoms with Gasteiger partial charge in [0.2, 0.25) is 5.88 Å². The minimum absolute atomic E-state index is 0.0142. The van der Waals surface area contributed by atoms with E-state index in [1.54, 1.807) is 18.2 Å². The topological polar surface area (TPSA) is 84.3 Å². The van der Waals surface area contributed by atoms with Crippen molar-refractivity contribution < 1.29 is 14.8 Å². The third-order valence-corrected chi connectivity index (χ3v) is 5.18. The molecule has 2 heterocycles. The molecular weight excluding hydrogens is 434 g/mol. The Kier molecular flexibility index (Phi) is 7.11. The number of pyridine rings is 1. The van der Waals surface area contributed by atoms with Gasteiger partial charge in [-0.05, 0) is 43.2 Å². The van der Waals surface area contributed by atoms with Gasteiger partial charge in [-0.1, -0.05) is 35.8 Å². The number of hydrogen-bond acceptors (Lipinski definition) is 4. The Labute approximate surface area is 178 Å². The van der Waals surface area contributed by atoms with E-state index in [9.17, 15) is 9.90 Å². The molecule has 0 spiro atoms. The van der Waals surface area contributed by atoms with Gasteiger partial charge in [-0.15, -0.1) is 10.2 Å². The summed E-state index contributed by atoms with van der Waals surface area (Å²) in [6.45, 7) is 6.96. The Morgan fingerprint density at radius 1 is 1.21 bits per heavy atom. The van der Waals surface area contributed by atoms with Gasteiger partial charge in [-0.25, -0.2) is 0 Å². The average Bonchev–Trinajstić information content (AvgIpc) is 2.97. The summed E-state index contributed by atoms with van der Waals surface area (Å²) in [4.78, 5) is 17.6. The molecule has 0 aliphatic heterocycles. The van der Waals surface area contributed by atoms with Crippen LogP contribution in [-0.2, 0) is 6.67 Å². The summed E-state index contributed by atoms with van der Waals surface area (Å²) < 4.78 is 2.71. The number of aromatic hydroxyl groups is 1. The van der Waals surface area contributed by atoms with Crippen molar-refractivity contribution in [2.45, 2.75) is 33.4 Å². The third kappa shape index (κ3) is 4.89. The van der Waals surface area contributed by atoms with Gasteiger partial charge in [-0.2, -0.15) is 0 Å². The predicted octanol–water partition coefficient (Wildman–Crippen LogP) is 4.09. The Morgan fingerprint density at radius 2 is 1.97 bits per heavy atom. The van der Waals surface area contributed by atoms with Crippen molar-refractivity contribution in [3.05, 3.63) is 52.8 Å². The number of nitrogens with zero attached hydrogens (tertiary/aromatic N) is 4. The summed E-state index contributed by atoms with van der Waals surface area (Å²) in [5.41, 5.74) is 1.36. The molecule has 0 bridgehead atoms. The van der Waals surface area contributed by atoms with E-state index in [0.717, 1.165) is 41.3 Å². The van der Waals surface area contributed by atoms with Crippen molar-refractivity contribution in [1.82, 2.24) is 9.55 Å². The van der Waals surface area contributed by atoms with Crippen molar-refractivity contribution in [3.63, 3.8) is 0 Å². The number of carbonyl (C=O) groups excluding carboxylic acids is 1. The van der Waals surface area contributed by atoms with Crippen molar-refractivity contribution in [2.75, 3.05) is 13.1 Å². The Balaban J connectivity index is 2.00. The second-order valence-electron chi connectivity index (χ2n) is 6.89. The van der Waals surface area contributed by atoms with E-state index in [2.05, 4.69) is 45.0 Å². The molecule has 0 radical (unpaired) electrons. The molecule has 0 aliphatic rings. The van der Waals surface area contributed by atoms with Crippen LogP contribution in [0.5, 0.6) is 5.88 Å². The van der Waals surface area contributed by atoms with E-state index in [4.69, 9.17) is 0 Å². The van der Waals surface area contributed by atoms with Gasteiger partial charge in [0, 0.05) is 16.1 Å². The summed E-state index contributed by atoms with van der Waals surface area (Å²) in [6, 6.07) is 10.8. The molecule has 0 saturated carbocycles. The van der Waals surface area contributed by atoms with E-state index in [0.29, 0.717) is 6.67 Å². The minimum Gasteiger partial charge on any atom is -0.493 e. The van der Waals surface area contributed by atoms with Crippen LogP contribution in [0.25, 0.3) is 10.9 Å². The summed E-state index contributed by atoms with van der Waals surface area (Å²) in [7, 11) is 0. The van der Waals surface area contributed by atoms with E-state index < -0.39 is 5.91 Å². The summed E-state index contributed by atoms with van der Waals surface area (Å²) in [5.74, 6) is -0.537. The number of rotatable bonds is 8. The first-order chi connectivity index (χ1) is 14.0. The predicted molar refractivity (Wildman–Crippen MR) is 116 cm³/mol. The smallest absolute Gasteiger partial charge is 0.313 e. The molecule has 152 valence electrons. The van der Waals surface area contributed by atoms with Crippen LogP contribution >= 0.6 is 15.9 Å². The molecule has 29 heavy (non-hydrogen) atoms. The molecule has 7 nitrogen and oxygen atoms in total. The molecule has 0 aliphatic carbocycles. The monoisotopic (exact) mass is 458 g/mol. The lowest BCUT2D eigenvalue weighted by atomic mass is 10.2. The van der Waals surface area contributed by atoms with Crippen molar-refractivity contribution in [2.24, 2.45) is 10.2 Å². The maximum atomic E-state index is 12.3. The number of carbonyl (C=O) groups is 1. The third-order valence-electron chi connectivity index (χ3n) is 4.69. The maximum absolute atomic E-state index is 12.3. The number of nitrogens with one attached hydrogen (secondary N) is 1. The molecule has 0 saturated heterocycles. The van der Waals surface area contributed by atoms with Crippen molar-refractivity contribution in [1.29, 1.82) is 0 Å². The second kappa shape index (κ2) is 9.76. The Hall–Kier alpha value is -2.58. The SMILES string of the molecule is CCC[NH+](CCC)Cn1c(O)c(N=NC(=O)c2ccccn2)c2cc(Br)ccc21. The van der Waals surface area contributed by atoms with Gasteiger partial charge in [0.25, 0.3) is 0 Å². The average molecular weight is 459 g/mol. The standard InChI is InChI=1S/C21H24BrN5O2/c1-3-11-26(12-4-2)14-27-18-9-8-15(22)13-16(18)19(21(27)29)24-25-20(28)17-7-5-6-10-23-17/h5-10,13,29H,3-4,11-12,14H2,1-2H3/p+1. The molecule has 3 rings (SSSR count). The van der Waals surface area contributed by atoms with Crippen LogP contribution in [0, 0.1) is 0 Å². The zero-order valence-corrected chi connectivity index (χ0v) is 18.2. The fraction of sp³-hybridized carbons (Fsp3) is 0.333. The van der Waals surface area contributed by atoms with E-state index >= 15 is 0 Å². The van der Waals surface area contributed by atoms with Crippen LogP contribution in [0.4, 0.5) is 5.69 Å². The highest BCUT2D eigenvalue weighted by atomic mass is 79.9. The normalized spacial score (nSPS) is 11.7. The first-order valence-corrected chi connectivity index (χ1v) is 10.6. The second-order valence-corrected chi connectivity index (χ2v) is 7.81. The molecule has 0 fully saturated rings. The van der Waals surface area contributed by atoms with Crippen LogP contribution in [0.15, 0.2) is 57.3 Å². The Morgan fingerprint density at radius 3 is 2.62 bits per heavy atom. The fourth-order valence-corrected chi connectivity index (χ4v) is 3.77. The van der Waals surface area contributed by atoms with Gasteiger partial charge < -0.3 is 10.0 Å².